The predicted octanol–water partition coefficient (Wildman–Crippen LogP) is 3.28. The highest BCUT2D eigenvalue weighted by molar-refractivity contribution is 5.97. The standard InChI is InChI=1S/C20H17FN2O3/c21-17-9-3-14(4-10-17)12-22-19(24)15-5-7-16(8-6-15)20(25)23-13-18-2-1-11-26-18/h1-11H,12-13H2,(H,22,24)(H,23,25). The highest BCUT2D eigenvalue weighted by atomic mass is 19.1. The van der Waals surface area contributed by atoms with Crippen molar-refractivity contribution in [2.24, 2.45) is 0 Å². The van der Waals surface area contributed by atoms with E-state index in [1.165, 1.54) is 12.1 Å². The fourth-order valence-corrected chi connectivity index (χ4v) is 2.34. The van der Waals surface area contributed by atoms with Crippen LogP contribution in [0.5, 0.6) is 0 Å². The Labute approximate surface area is 149 Å². The van der Waals surface area contributed by atoms with Crippen LogP contribution in [-0.4, -0.2) is 11.8 Å². The van der Waals surface area contributed by atoms with Crippen LogP contribution >= 0.6 is 0 Å². The lowest BCUT2D eigenvalue weighted by molar-refractivity contribution is 0.0937. The maximum absolute atomic E-state index is 12.9. The first kappa shape index (κ1) is 17.4. The molecule has 3 rings (SSSR count). The van der Waals surface area contributed by atoms with Crippen LogP contribution in [0.2, 0.25) is 0 Å². The second-order valence-corrected chi connectivity index (χ2v) is 5.65. The number of furan rings is 1. The average Bonchev–Trinajstić information content (AvgIpc) is 3.19. The van der Waals surface area contributed by atoms with Gasteiger partial charge in [-0.3, -0.25) is 9.59 Å². The molecule has 0 bridgehead atoms. The number of hydrogen-bond donors (Lipinski definition) is 2. The zero-order valence-electron chi connectivity index (χ0n) is 13.9. The van der Waals surface area contributed by atoms with E-state index in [9.17, 15) is 14.0 Å². The Balaban J connectivity index is 1.53. The summed E-state index contributed by atoms with van der Waals surface area (Å²) in [7, 11) is 0. The molecule has 0 radical (unpaired) electrons. The maximum atomic E-state index is 12.9. The highest BCUT2D eigenvalue weighted by Crippen LogP contribution is 2.07. The van der Waals surface area contributed by atoms with Gasteiger partial charge >= 0.3 is 0 Å². The van der Waals surface area contributed by atoms with Crippen LogP contribution in [0.3, 0.4) is 0 Å². The SMILES string of the molecule is O=C(NCc1ccc(F)cc1)c1ccc(C(=O)NCc2ccco2)cc1. The maximum Gasteiger partial charge on any atom is 0.251 e. The van der Waals surface area contributed by atoms with Crippen molar-refractivity contribution in [1.29, 1.82) is 0 Å². The number of carbonyl (C=O) groups excluding carboxylic acids is 2. The molecule has 0 unspecified atom stereocenters. The van der Waals surface area contributed by atoms with Gasteiger partial charge in [0.1, 0.15) is 11.6 Å². The summed E-state index contributed by atoms with van der Waals surface area (Å²) < 4.78 is 18.0. The topological polar surface area (TPSA) is 71.3 Å². The molecule has 26 heavy (non-hydrogen) atoms. The van der Waals surface area contributed by atoms with Gasteiger partial charge in [-0.15, -0.1) is 0 Å². The molecule has 0 saturated carbocycles. The Morgan fingerprint density at radius 1 is 0.808 bits per heavy atom. The largest absolute Gasteiger partial charge is 0.467 e. The van der Waals surface area contributed by atoms with Crippen LogP contribution in [0.4, 0.5) is 4.39 Å². The van der Waals surface area contributed by atoms with Crippen molar-refractivity contribution in [3.63, 3.8) is 0 Å². The molecular formula is C20H17FN2O3. The number of rotatable bonds is 6. The molecule has 0 fully saturated rings. The number of halogens is 1. The molecule has 0 atom stereocenters. The second kappa shape index (κ2) is 8.11. The zero-order chi connectivity index (χ0) is 18.4. The normalized spacial score (nSPS) is 10.3. The minimum absolute atomic E-state index is 0.250. The third kappa shape index (κ3) is 4.57. The van der Waals surface area contributed by atoms with Crippen LogP contribution in [0.15, 0.2) is 71.3 Å². The summed E-state index contributed by atoms with van der Waals surface area (Å²) in [5.41, 5.74) is 1.69. The van der Waals surface area contributed by atoms with E-state index < -0.39 is 0 Å². The molecule has 5 nitrogen and oxygen atoms in total. The van der Waals surface area contributed by atoms with Crippen molar-refractivity contribution in [2.45, 2.75) is 13.1 Å². The van der Waals surface area contributed by atoms with Crippen molar-refractivity contribution in [3.05, 3.63) is 95.2 Å². The quantitative estimate of drug-likeness (QED) is 0.715. The fourth-order valence-electron chi connectivity index (χ4n) is 2.34. The number of benzene rings is 2. The summed E-state index contributed by atoms with van der Waals surface area (Å²) in [6, 6.07) is 15.8. The molecule has 1 aromatic heterocycles. The smallest absolute Gasteiger partial charge is 0.251 e. The molecule has 0 aliphatic heterocycles. The first-order valence-corrected chi connectivity index (χ1v) is 8.05. The molecule has 0 saturated heterocycles. The van der Waals surface area contributed by atoms with Gasteiger partial charge in [0, 0.05) is 17.7 Å². The van der Waals surface area contributed by atoms with E-state index in [1.54, 1.807) is 54.8 Å². The monoisotopic (exact) mass is 352 g/mol. The summed E-state index contributed by atoms with van der Waals surface area (Å²) in [5, 5.41) is 5.49. The molecule has 0 aliphatic rings. The van der Waals surface area contributed by atoms with E-state index in [0.717, 1.165) is 5.56 Å². The predicted molar refractivity (Wildman–Crippen MR) is 93.9 cm³/mol. The van der Waals surface area contributed by atoms with Crippen LogP contribution in [0.1, 0.15) is 32.0 Å². The zero-order valence-corrected chi connectivity index (χ0v) is 13.9. The molecule has 6 heteroatoms. The number of hydrogen-bond acceptors (Lipinski definition) is 3. The van der Waals surface area contributed by atoms with Crippen LogP contribution < -0.4 is 10.6 Å². The summed E-state index contributed by atoms with van der Waals surface area (Å²) in [6.45, 7) is 0.593. The third-order valence-electron chi connectivity index (χ3n) is 3.78. The lowest BCUT2D eigenvalue weighted by atomic mass is 10.1. The van der Waals surface area contributed by atoms with Crippen molar-refractivity contribution in [3.8, 4) is 0 Å². The van der Waals surface area contributed by atoms with Gasteiger partial charge < -0.3 is 15.1 Å². The Hall–Kier alpha value is -3.41. The Morgan fingerprint density at radius 3 is 1.92 bits per heavy atom. The highest BCUT2D eigenvalue weighted by Gasteiger charge is 2.09. The minimum atomic E-state index is -0.319. The van der Waals surface area contributed by atoms with Gasteiger partial charge in [-0.1, -0.05) is 12.1 Å². The first-order valence-electron chi connectivity index (χ1n) is 8.05. The van der Waals surface area contributed by atoms with Crippen molar-refractivity contribution in [2.75, 3.05) is 0 Å². The molecule has 132 valence electrons. The van der Waals surface area contributed by atoms with Gasteiger partial charge in [-0.25, -0.2) is 4.39 Å². The van der Waals surface area contributed by atoms with Crippen molar-refractivity contribution in [1.82, 2.24) is 10.6 Å². The van der Waals surface area contributed by atoms with E-state index >= 15 is 0 Å². The van der Waals surface area contributed by atoms with Gasteiger partial charge in [0.15, 0.2) is 0 Å². The summed E-state index contributed by atoms with van der Waals surface area (Å²) in [4.78, 5) is 24.2. The second-order valence-electron chi connectivity index (χ2n) is 5.65. The van der Waals surface area contributed by atoms with Crippen molar-refractivity contribution < 1.29 is 18.4 Å². The molecule has 2 amide bonds. The molecule has 2 aromatic carbocycles. The van der Waals surface area contributed by atoms with Gasteiger partial charge in [0.2, 0.25) is 0 Å². The van der Waals surface area contributed by atoms with Gasteiger partial charge in [-0.2, -0.15) is 0 Å². The summed E-state index contributed by atoms with van der Waals surface area (Å²) in [5.74, 6) is -0.173. The minimum Gasteiger partial charge on any atom is -0.467 e. The summed E-state index contributed by atoms with van der Waals surface area (Å²) >= 11 is 0. The summed E-state index contributed by atoms with van der Waals surface area (Å²) in [6.07, 6.45) is 1.54. The van der Waals surface area contributed by atoms with E-state index in [0.29, 0.717) is 30.0 Å². The molecule has 0 spiro atoms. The molecule has 1 heterocycles. The van der Waals surface area contributed by atoms with E-state index in [1.807, 2.05) is 0 Å². The van der Waals surface area contributed by atoms with E-state index in [4.69, 9.17) is 4.42 Å². The van der Waals surface area contributed by atoms with E-state index in [-0.39, 0.29) is 17.6 Å². The van der Waals surface area contributed by atoms with E-state index in [2.05, 4.69) is 10.6 Å². The lowest BCUT2D eigenvalue weighted by Gasteiger charge is -2.07. The third-order valence-corrected chi connectivity index (χ3v) is 3.78. The van der Waals surface area contributed by atoms with Crippen LogP contribution in [-0.2, 0) is 13.1 Å². The average molecular weight is 352 g/mol. The Kier molecular flexibility index (Phi) is 5.43. The Morgan fingerprint density at radius 2 is 1.38 bits per heavy atom. The van der Waals surface area contributed by atoms with Gasteiger partial charge in [-0.05, 0) is 54.1 Å². The molecule has 2 N–H and O–H groups in total. The lowest BCUT2D eigenvalue weighted by Crippen LogP contribution is -2.24. The number of amides is 2. The molecule has 0 aliphatic carbocycles. The van der Waals surface area contributed by atoms with Crippen molar-refractivity contribution >= 4 is 11.8 Å². The first-order chi connectivity index (χ1) is 12.6. The van der Waals surface area contributed by atoms with Crippen LogP contribution in [0.25, 0.3) is 0 Å². The molecular weight excluding hydrogens is 335 g/mol. The fraction of sp³-hybridized carbons (Fsp3) is 0.100. The Bertz CT molecular complexity index is 872. The van der Waals surface area contributed by atoms with Gasteiger partial charge in [0.25, 0.3) is 11.8 Å². The number of carbonyl (C=O) groups is 2. The van der Waals surface area contributed by atoms with Gasteiger partial charge in [0.05, 0.1) is 12.8 Å². The van der Waals surface area contributed by atoms with Crippen LogP contribution in [0, 0.1) is 5.82 Å². The molecule has 3 aromatic rings. The number of nitrogens with one attached hydrogen (secondary N) is 2.